The van der Waals surface area contributed by atoms with Crippen molar-refractivity contribution >= 4 is 5.91 Å². The Labute approximate surface area is 105 Å². The van der Waals surface area contributed by atoms with Gasteiger partial charge in [-0.3, -0.25) is 15.2 Å². The number of nitrogens with two attached hydrogens (primary N) is 1. The summed E-state index contributed by atoms with van der Waals surface area (Å²) in [6, 6.07) is 12.5. The van der Waals surface area contributed by atoms with E-state index in [0.29, 0.717) is 17.9 Å². The fourth-order valence-corrected chi connectivity index (χ4v) is 1.49. The summed E-state index contributed by atoms with van der Waals surface area (Å²) in [6.07, 6.45) is 1.69. The first-order valence-electron chi connectivity index (χ1n) is 5.44. The molecule has 2 aromatic rings. The van der Waals surface area contributed by atoms with Gasteiger partial charge in [-0.15, -0.1) is 0 Å². The van der Waals surface area contributed by atoms with Gasteiger partial charge in [0.1, 0.15) is 12.4 Å². The molecule has 3 N–H and O–H groups in total. The minimum absolute atomic E-state index is 0.301. The number of hydrogen-bond donors (Lipinski definition) is 2. The van der Waals surface area contributed by atoms with Crippen LogP contribution in [-0.2, 0) is 6.61 Å². The van der Waals surface area contributed by atoms with Gasteiger partial charge in [-0.05, 0) is 24.3 Å². The molecule has 0 spiro atoms. The van der Waals surface area contributed by atoms with Crippen molar-refractivity contribution in [2.75, 3.05) is 0 Å². The number of carbonyl (C=O) groups excluding carboxylic acids is 1. The third-order valence-electron chi connectivity index (χ3n) is 2.36. The number of aromatic nitrogens is 1. The molecular weight excluding hydrogens is 230 g/mol. The van der Waals surface area contributed by atoms with Crippen molar-refractivity contribution in [3.63, 3.8) is 0 Å². The third-order valence-corrected chi connectivity index (χ3v) is 2.36. The van der Waals surface area contributed by atoms with Gasteiger partial charge in [-0.25, -0.2) is 5.84 Å². The molecule has 2 rings (SSSR count). The first kappa shape index (κ1) is 12.1. The summed E-state index contributed by atoms with van der Waals surface area (Å²) in [5, 5.41) is 0. The zero-order valence-corrected chi connectivity index (χ0v) is 9.67. The van der Waals surface area contributed by atoms with Crippen LogP contribution in [0.2, 0.25) is 0 Å². The van der Waals surface area contributed by atoms with E-state index in [0.717, 1.165) is 5.69 Å². The maximum atomic E-state index is 11.5. The highest BCUT2D eigenvalue weighted by molar-refractivity contribution is 5.96. The van der Waals surface area contributed by atoms with E-state index in [-0.39, 0.29) is 5.91 Å². The van der Waals surface area contributed by atoms with Crippen LogP contribution in [0.1, 0.15) is 16.1 Å². The van der Waals surface area contributed by atoms with Crippen LogP contribution in [0.3, 0.4) is 0 Å². The Balaban J connectivity index is 2.12. The number of para-hydroxylation sites is 1. The molecule has 0 unspecified atom stereocenters. The van der Waals surface area contributed by atoms with Gasteiger partial charge in [0, 0.05) is 6.20 Å². The molecule has 18 heavy (non-hydrogen) atoms. The van der Waals surface area contributed by atoms with Gasteiger partial charge >= 0.3 is 0 Å². The minimum atomic E-state index is -0.383. The zero-order chi connectivity index (χ0) is 12.8. The number of hydrogen-bond acceptors (Lipinski definition) is 4. The molecule has 0 aliphatic carbocycles. The van der Waals surface area contributed by atoms with Crippen molar-refractivity contribution in [1.82, 2.24) is 10.4 Å². The number of amides is 1. The number of hydrazine groups is 1. The summed E-state index contributed by atoms with van der Waals surface area (Å²) >= 11 is 0. The van der Waals surface area contributed by atoms with E-state index in [1.54, 1.807) is 30.5 Å². The van der Waals surface area contributed by atoms with Crippen LogP contribution in [0, 0.1) is 0 Å². The van der Waals surface area contributed by atoms with Crippen LogP contribution in [0.25, 0.3) is 0 Å². The van der Waals surface area contributed by atoms with E-state index in [1.807, 2.05) is 18.2 Å². The van der Waals surface area contributed by atoms with Crippen molar-refractivity contribution in [3.8, 4) is 5.75 Å². The third kappa shape index (κ3) is 2.83. The van der Waals surface area contributed by atoms with Gasteiger partial charge in [0.25, 0.3) is 5.91 Å². The standard InChI is InChI=1S/C13H13N3O2/c14-16-13(17)11-6-1-2-7-12(11)18-9-10-5-3-4-8-15-10/h1-8H,9,14H2,(H,16,17). The molecule has 1 amide bonds. The second-order valence-electron chi connectivity index (χ2n) is 3.58. The predicted octanol–water partition coefficient (Wildman–Crippen LogP) is 1.26. The number of ether oxygens (including phenoxy) is 1. The van der Waals surface area contributed by atoms with E-state index in [2.05, 4.69) is 10.4 Å². The molecule has 1 heterocycles. The number of carbonyl (C=O) groups is 1. The number of nitrogen functional groups attached to an aromatic ring is 1. The average Bonchev–Trinajstić information content (AvgIpc) is 2.45. The Morgan fingerprint density at radius 1 is 1.22 bits per heavy atom. The summed E-state index contributed by atoms with van der Waals surface area (Å²) in [6.45, 7) is 0.301. The lowest BCUT2D eigenvalue weighted by atomic mass is 10.2. The highest BCUT2D eigenvalue weighted by Crippen LogP contribution is 2.18. The molecular formula is C13H13N3O2. The Bertz CT molecular complexity index is 529. The summed E-state index contributed by atoms with van der Waals surface area (Å²) in [5.41, 5.74) is 3.28. The van der Waals surface area contributed by atoms with Crippen molar-refractivity contribution in [2.45, 2.75) is 6.61 Å². The van der Waals surface area contributed by atoms with E-state index in [9.17, 15) is 4.79 Å². The maximum Gasteiger partial charge on any atom is 0.268 e. The van der Waals surface area contributed by atoms with E-state index < -0.39 is 0 Å². The first-order valence-corrected chi connectivity index (χ1v) is 5.44. The SMILES string of the molecule is NNC(=O)c1ccccc1OCc1ccccn1. The van der Waals surface area contributed by atoms with Crippen molar-refractivity contribution in [2.24, 2.45) is 5.84 Å². The normalized spacial score (nSPS) is 9.83. The highest BCUT2D eigenvalue weighted by atomic mass is 16.5. The maximum absolute atomic E-state index is 11.5. The average molecular weight is 243 g/mol. The number of benzene rings is 1. The molecule has 0 radical (unpaired) electrons. The molecule has 0 saturated heterocycles. The number of rotatable bonds is 4. The van der Waals surface area contributed by atoms with Gasteiger partial charge in [-0.2, -0.15) is 0 Å². The Morgan fingerprint density at radius 2 is 2.00 bits per heavy atom. The van der Waals surface area contributed by atoms with Gasteiger partial charge in [0.05, 0.1) is 11.3 Å². The highest BCUT2D eigenvalue weighted by Gasteiger charge is 2.10. The zero-order valence-electron chi connectivity index (χ0n) is 9.67. The van der Waals surface area contributed by atoms with Crippen LogP contribution >= 0.6 is 0 Å². The van der Waals surface area contributed by atoms with Crippen LogP contribution in [0.5, 0.6) is 5.75 Å². The lowest BCUT2D eigenvalue weighted by Gasteiger charge is -2.09. The molecule has 0 saturated carbocycles. The van der Waals surface area contributed by atoms with Crippen LogP contribution in [0.15, 0.2) is 48.7 Å². The fourth-order valence-electron chi connectivity index (χ4n) is 1.49. The van der Waals surface area contributed by atoms with Crippen LogP contribution < -0.4 is 16.0 Å². The van der Waals surface area contributed by atoms with E-state index >= 15 is 0 Å². The molecule has 92 valence electrons. The topological polar surface area (TPSA) is 77.2 Å². The predicted molar refractivity (Wildman–Crippen MR) is 66.7 cm³/mol. The van der Waals surface area contributed by atoms with Gasteiger partial charge in [-0.1, -0.05) is 18.2 Å². The molecule has 0 bridgehead atoms. The molecule has 1 aromatic carbocycles. The number of nitrogens with zero attached hydrogens (tertiary/aromatic N) is 1. The molecule has 0 aliphatic heterocycles. The van der Waals surface area contributed by atoms with Crippen LogP contribution in [-0.4, -0.2) is 10.9 Å². The summed E-state index contributed by atoms with van der Waals surface area (Å²) in [5.74, 6) is 5.21. The van der Waals surface area contributed by atoms with Crippen molar-refractivity contribution < 1.29 is 9.53 Å². The Kier molecular flexibility index (Phi) is 3.88. The molecule has 5 heteroatoms. The second kappa shape index (κ2) is 5.79. The fraction of sp³-hybridized carbons (Fsp3) is 0.0769. The minimum Gasteiger partial charge on any atom is -0.486 e. The van der Waals surface area contributed by atoms with Crippen LogP contribution in [0.4, 0.5) is 0 Å². The van der Waals surface area contributed by atoms with E-state index in [1.165, 1.54) is 0 Å². The summed E-state index contributed by atoms with van der Waals surface area (Å²) in [4.78, 5) is 15.7. The number of pyridine rings is 1. The van der Waals surface area contributed by atoms with Crippen molar-refractivity contribution in [3.05, 3.63) is 59.9 Å². The van der Waals surface area contributed by atoms with Crippen molar-refractivity contribution in [1.29, 1.82) is 0 Å². The molecule has 5 nitrogen and oxygen atoms in total. The Hall–Kier alpha value is -2.40. The molecule has 0 fully saturated rings. The molecule has 1 aromatic heterocycles. The Morgan fingerprint density at radius 3 is 2.72 bits per heavy atom. The van der Waals surface area contributed by atoms with Gasteiger partial charge < -0.3 is 4.74 Å². The number of nitrogens with one attached hydrogen (secondary N) is 1. The summed E-state index contributed by atoms with van der Waals surface area (Å²) < 4.78 is 5.57. The quantitative estimate of drug-likeness (QED) is 0.481. The smallest absolute Gasteiger partial charge is 0.268 e. The second-order valence-corrected chi connectivity index (χ2v) is 3.58. The first-order chi connectivity index (χ1) is 8.81. The lowest BCUT2D eigenvalue weighted by molar-refractivity contribution is 0.0949. The summed E-state index contributed by atoms with van der Waals surface area (Å²) in [7, 11) is 0. The van der Waals surface area contributed by atoms with Gasteiger partial charge in [0.2, 0.25) is 0 Å². The monoisotopic (exact) mass is 243 g/mol. The van der Waals surface area contributed by atoms with E-state index in [4.69, 9.17) is 10.6 Å². The largest absolute Gasteiger partial charge is 0.486 e. The van der Waals surface area contributed by atoms with Gasteiger partial charge in [0.15, 0.2) is 0 Å². The molecule has 0 atom stereocenters. The molecule has 0 aliphatic rings. The lowest BCUT2D eigenvalue weighted by Crippen LogP contribution is -2.30.